The van der Waals surface area contributed by atoms with Crippen molar-refractivity contribution in [2.24, 2.45) is 0 Å². The lowest BCUT2D eigenvalue weighted by Gasteiger charge is -2.19. The molecule has 21 heavy (non-hydrogen) atoms. The highest BCUT2D eigenvalue weighted by Crippen LogP contribution is 2.30. The third kappa shape index (κ3) is 3.60. The third-order valence-electron chi connectivity index (χ3n) is 3.05. The Bertz CT molecular complexity index is 676. The van der Waals surface area contributed by atoms with Crippen LogP contribution >= 0.6 is 8.02 Å². The van der Waals surface area contributed by atoms with Crippen molar-refractivity contribution in [2.45, 2.75) is 24.5 Å². The molecule has 1 saturated heterocycles. The number of nitrogens with one attached hydrogen (secondary N) is 1. The zero-order chi connectivity index (χ0) is 15.6. The summed E-state index contributed by atoms with van der Waals surface area (Å²) in [4.78, 5) is 24.9. The molecule has 2 N–H and O–H groups in total. The van der Waals surface area contributed by atoms with Crippen LogP contribution in [-0.4, -0.2) is 46.7 Å². The smallest absolute Gasteiger partial charge is 0.330 e. The largest absolute Gasteiger partial charge is 0.446 e. The maximum Gasteiger partial charge on any atom is 0.330 e. The van der Waals surface area contributed by atoms with Gasteiger partial charge in [-0.05, 0) is 0 Å². The van der Waals surface area contributed by atoms with Gasteiger partial charge >= 0.3 is 5.69 Å². The summed E-state index contributed by atoms with van der Waals surface area (Å²) >= 11 is 0. The summed E-state index contributed by atoms with van der Waals surface area (Å²) in [7, 11) is 2.41. The van der Waals surface area contributed by atoms with Crippen LogP contribution in [0.5, 0.6) is 0 Å². The minimum Gasteiger partial charge on any atom is -0.446 e. The molecule has 0 amide bonds. The summed E-state index contributed by atoms with van der Waals surface area (Å²) < 4.78 is 27.4. The summed E-state index contributed by atoms with van der Waals surface area (Å²) in [5, 5.41) is 10.1. The van der Waals surface area contributed by atoms with Crippen LogP contribution in [0.1, 0.15) is 6.23 Å². The lowest BCUT2D eigenvalue weighted by atomic mass is 10.1. The maximum absolute atomic E-state index is 11.8. The van der Waals surface area contributed by atoms with Crippen molar-refractivity contribution in [2.75, 3.05) is 13.7 Å². The van der Waals surface area contributed by atoms with Crippen molar-refractivity contribution in [3.8, 4) is 0 Å². The van der Waals surface area contributed by atoms with Gasteiger partial charge in [0.1, 0.15) is 18.3 Å². The van der Waals surface area contributed by atoms with Crippen molar-refractivity contribution in [1.29, 1.82) is 0 Å². The van der Waals surface area contributed by atoms with E-state index in [2.05, 4.69) is 13.0 Å². The van der Waals surface area contributed by atoms with Crippen LogP contribution in [0.2, 0.25) is 0 Å². The first-order valence-electron chi connectivity index (χ1n) is 5.88. The summed E-state index contributed by atoms with van der Waals surface area (Å²) in [6.07, 6.45) is -2.46. The minimum atomic E-state index is -1.70. The lowest BCUT2D eigenvalue weighted by Crippen LogP contribution is -2.38. The van der Waals surface area contributed by atoms with Crippen molar-refractivity contribution < 1.29 is 23.0 Å². The lowest BCUT2D eigenvalue weighted by molar-refractivity contribution is -0.0594. The molecule has 2 heterocycles. The van der Waals surface area contributed by atoms with Crippen molar-refractivity contribution >= 4 is 18.3 Å². The number of rotatable bonds is 5. The van der Waals surface area contributed by atoms with Gasteiger partial charge in [-0.3, -0.25) is 14.3 Å². The third-order valence-corrected chi connectivity index (χ3v) is 3.75. The predicted molar refractivity (Wildman–Crippen MR) is 74.4 cm³/mol. The number of ether oxygens (including phenoxy) is 2. The molecule has 1 aliphatic heterocycles. The summed E-state index contributed by atoms with van der Waals surface area (Å²) in [6, 6.07) is 1.15. The topological polar surface area (TPSA) is 120 Å². The molecule has 0 saturated carbocycles. The van der Waals surface area contributed by atoms with E-state index in [0.29, 0.717) is 0 Å². The van der Waals surface area contributed by atoms with Gasteiger partial charge in [-0.2, -0.15) is 0 Å². The van der Waals surface area contributed by atoms with Crippen LogP contribution in [0.4, 0.5) is 0 Å². The van der Waals surface area contributed by atoms with Crippen LogP contribution in [0, 0.1) is 0 Å². The van der Waals surface area contributed by atoms with Crippen LogP contribution in [-0.2, 0) is 28.1 Å². The Morgan fingerprint density at radius 1 is 1.57 bits per heavy atom. The highest BCUT2D eigenvalue weighted by atomic mass is 32.5. The molecule has 0 aliphatic carbocycles. The number of hydrogen-bond donors (Lipinski definition) is 2. The monoisotopic (exact) mass is 337 g/mol. The van der Waals surface area contributed by atoms with E-state index < -0.39 is 46.0 Å². The molecular weight excluding hydrogens is 323 g/mol. The highest BCUT2D eigenvalue weighted by molar-refractivity contribution is 8.03. The Hall–Kier alpha value is -1.03. The summed E-state index contributed by atoms with van der Waals surface area (Å²) in [5.74, 6) is 0. The van der Waals surface area contributed by atoms with Gasteiger partial charge in [-0.15, -0.1) is 10.3 Å². The van der Waals surface area contributed by atoms with E-state index in [1.807, 2.05) is 0 Å². The molecule has 0 bridgehead atoms. The van der Waals surface area contributed by atoms with E-state index in [-0.39, 0.29) is 6.61 Å². The molecule has 0 spiro atoms. The molecule has 11 heteroatoms. The van der Waals surface area contributed by atoms with Gasteiger partial charge < -0.3 is 23.0 Å². The fraction of sp³-hybridized carbons (Fsp3) is 0.600. The fourth-order valence-corrected chi connectivity index (χ4v) is 2.55. The van der Waals surface area contributed by atoms with Gasteiger partial charge in [0.2, 0.25) is 0 Å². The van der Waals surface area contributed by atoms with Gasteiger partial charge in [0.25, 0.3) is 5.56 Å². The maximum atomic E-state index is 11.8. The summed E-state index contributed by atoms with van der Waals surface area (Å²) in [6.45, 7) is -0.161. The Morgan fingerprint density at radius 3 is 2.86 bits per heavy atom. The zero-order valence-electron chi connectivity index (χ0n) is 10.9. The first-order valence-corrected chi connectivity index (χ1v) is 8.18. The number of aliphatic hydroxyl groups is 1. The average molecular weight is 337 g/mol. The Kier molecular flexibility index (Phi) is 5.31. The molecule has 1 aromatic rings. The highest BCUT2D eigenvalue weighted by Gasteiger charge is 2.45. The van der Waals surface area contributed by atoms with E-state index in [0.717, 1.165) is 10.6 Å². The molecule has 118 valence electrons. The number of aromatic amines is 1. The van der Waals surface area contributed by atoms with Crippen LogP contribution < -0.4 is 11.2 Å². The molecule has 1 fully saturated rings. The number of aromatic nitrogens is 2. The average Bonchev–Trinajstić information content (AvgIpc) is 2.72. The van der Waals surface area contributed by atoms with E-state index >= 15 is 0 Å². The van der Waals surface area contributed by atoms with Gasteiger partial charge in [-0.1, -0.05) is 0 Å². The van der Waals surface area contributed by atoms with Crippen LogP contribution in [0.15, 0.2) is 21.9 Å². The number of hydrogen-bond acceptors (Lipinski definition) is 8. The fourth-order valence-electron chi connectivity index (χ4n) is 2.09. The van der Waals surface area contributed by atoms with Crippen molar-refractivity contribution in [3.63, 3.8) is 0 Å². The molecule has 0 aromatic carbocycles. The second-order valence-corrected chi connectivity index (χ2v) is 6.00. The molecule has 4 unspecified atom stereocenters. The number of aliphatic hydroxyl groups excluding tert-OH is 1. The Morgan fingerprint density at radius 2 is 2.29 bits per heavy atom. The SMILES string of the molecule is COC1C(O)C(CO[S-](=O)=P)OC1n1ccc(=O)[nH]c1=O. The molecule has 4 atom stereocenters. The number of methoxy groups -OCH3 is 1. The first-order chi connectivity index (χ1) is 9.93. The second-order valence-electron chi connectivity index (χ2n) is 4.29. The molecule has 1 aliphatic rings. The van der Waals surface area contributed by atoms with Gasteiger partial charge in [0.05, 0.1) is 6.61 Å². The van der Waals surface area contributed by atoms with Crippen molar-refractivity contribution in [3.05, 3.63) is 33.1 Å². The van der Waals surface area contributed by atoms with E-state index in [9.17, 15) is 18.9 Å². The number of H-pyrrole nitrogens is 1. The van der Waals surface area contributed by atoms with Gasteiger partial charge in [0.15, 0.2) is 6.23 Å². The Labute approximate surface area is 123 Å². The Balaban J connectivity index is 2.26. The molecule has 0 radical (unpaired) electrons. The second kappa shape index (κ2) is 6.82. The van der Waals surface area contributed by atoms with Crippen LogP contribution in [0.3, 0.4) is 0 Å². The van der Waals surface area contributed by atoms with E-state index in [4.69, 9.17) is 13.7 Å². The van der Waals surface area contributed by atoms with Gasteiger partial charge in [0, 0.05) is 19.4 Å². The first kappa shape index (κ1) is 16.3. The zero-order valence-corrected chi connectivity index (χ0v) is 12.7. The standard InChI is InChI=1S/C10H14N2O7PS/c1-17-8-7(14)5(4-18-21(16)20)19-9(8)12-3-2-6(13)11-10(12)15/h2-3,5,7-9,14,20H,4H2,1H3,(H,11,13,15)/q-1. The molecule has 2 rings (SSSR count). The predicted octanol–water partition coefficient (Wildman–Crippen LogP) is -1.24. The quantitative estimate of drug-likeness (QED) is 0.509. The molecule has 9 nitrogen and oxygen atoms in total. The van der Waals surface area contributed by atoms with Crippen LogP contribution in [0.25, 0.3) is 0 Å². The van der Waals surface area contributed by atoms with Gasteiger partial charge in [-0.25, -0.2) is 12.8 Å². The molecule has 1 aromatic heterocycles. The van der Waals surface area contributed by atoms with E-state index in [1.165, 1.54) is 13.3 Å². The normalized spacial score (nSPS) is 29.1. The number of nitrogens with zero attached hydrogens (tertiary/aromatic N) is 1. The summed E-state index contributed by atoms with van der Waals surface area (Å²) in [5.41, 5.74) is -1.23. The van der Waals surface area contributed by atoms with Crippen molar-refractivity contribution in [1.82, 2.24) is 9.55 Å². The minimum absolute atomic E-state index is 0.161. The van der Waals surface area contributed by atoms with E-state index in [1.54, 1.807) is 0 Å². The molecular formula is C10H14N2O7PS-.